The Morgan fingerprint density at radius 2 is 0.754 bits per heavy atom. The molecule has 57 heavy (non-hydrogen) atoms. The summed E-state index contributed by atoms with van der Waals surface area (Å²) in [4.78, 5) is 4.15. The van der Waals surface area contributed by atoms with Crippen LogP contribution in [0.4, 0.5) is 34.1 Å². The number of hydrogen-bond donors (Lipinski definition) is 0. The maximum atomic E-state index is 9.02. The molecular formula is C55H38N2. The van der Waals surface area contributed by atoms with Gasteiger partial charge >= 0.3 is 0 Å². The molecule has 1 unspecified atom stereocenters. The second kappa shape index (κ2) is 13.4. The molecule has 0 heterocycles. The molecule has 0 N–H and O–H groups in total. The summed E-state index contributed by atoms with van der Waals surface area (Å²) >= 11 is 0. The van der Waals surface area contributed by atoms with Crippen LogP contribution < -0.4 is 9.80 Å². The number of rotatable bonds is 7. The van der Waals surface area contributed by atoms with Crippen LogP contribution in [0.3, 0.4) is 0 Å². The molecule has 0 amide bonds. The molecule has 2 aliphatic carbocycles. The minimum Gasteiger partial charge on any atom is -0.310 e. The molecule has 11 rings (SSSR count). The van der Waals surface area contributed by atoms with Crippen LogP contribution in [0.15, 0.2) is 230 Å². The van der Waals surface area contributed by atoms with E-state index in [0.29, 0.717) is 11.4 Å². The van der Waals surface area contributed by atoms with E-state index in [9.17, 15) is 0 Å². The monoisotopic (exact) mass is 731 g/mol. The Kier molecular flexibility index (Phi) is 6.60. The van der Waals surface area contributed by atoms with E-state index in [1.165, 1.54) is 22.3 Å². The number of nitrogens with zero attached hydrogens (tertiary/aromatic N) is 2. The second-order valence-corrected chi connectivity index (χ2v) is 14.5. The zero-order chi connectivity index (χ0) is 42.1. The summed E-state index contributed by atoms with van der Waals surface area (Å²) in [5.74, 6) is 0. The molecule has 9 aromatic carbocycles. The Morgan fingerprint density at radius 3 is 1.33 bits per heavy atom. The maximum absolute atomic E-state index is 9.02. The van der Waals surface area contributed by atoms with Gasteiger partial charge in [0, 0.05) is 34.0 Å². The number of para-hydroxylation sites is 4. The molecule has 1 atom stereocenters. The summed E-state index contributed by atoms with van der Waals surface area (Å²) in [6, 6.07) is 68.1. The normalized spacial score (nSPS) is 15.6. The molecule has 0 fully saturated rings. The fraction of sp³-hybridized carbons (Fsp3) is 0.0182. The molecule has 0 aromatic heterocycles. The highest BCUT2D eigenvalue weighted by Gasteiger charge is 2.51. The van der Waals surface area contributed by atoms with E-state index in [0.717, 1.165) is 50.4 Å². The van der Waals surface area contributed by atoms with Crippen LogP contribution in [0.1, 0.15) is 29.1 Å². The molecule has 9 aromatic rings. The van der Waals surface area contributed by atoms with E-state index >= 15 is 0 Å². The minimum atomic E-state index is -0.636. The Balaban J connectivity index is 1.13. The Morgan fingerprint density at radius 1 is 0.316 bits per heavy atom. The lowest BCUT2D eigenvalue weighted by Crippen LogP contribution is -2.26. The quantitative estimate of drug-likeness (QED) is 0.161. The van der Waals surface area contributed by atoms with E-state index in [1.807, 2.05) is 36.4 Å². The lowest BCUT2D eigenvalue weighted by molar-refractivity contribution is 0.793. The van der Waals surface area contributed by atoms with Gasteiger partial charge in [-0.25, -0.2) is 0 Å². The van der Waals surface area contributed by atoms with E-state index < -0.39 is 11.5 Å². The van der Waals surface area contributed by atoms with Crippen molar-refractivity contribution in [1.82, 2.24) is 0 Å². The van der Waals surface area contributed by atoms with Crippen molar-refractivity contribution in [3.63, 3.8) is 0 Å². The average Bonchev–Trinajstić information content (AvgIpc) is 3.79. The van der Waals surface area contributed by atoms with Crippen LogP contribution >= 0.6 is 0 Å². The largest absolute Gasteiger partial charge is 0.310 e. The minimum absolute atomic E-state index is 0.101. The lowest BCUT2D eigenvalue weighted by atomic mass is 9.70. The van der Waals surface area contributed by atoms with Gasteiger partial charge < -0.3 is 9.80 Å². The first-order valence-electron chi connectivity index (χ1n) is 21.8. The highest BCUT2D eigenvalue weighted by atomic mass is 15.1. The van der Waals surface area contributed by atoms with Crippen molar-refractivity contribution in [2.24, 2.45) is 0 Å². The van der Waals surface area contributed by atoms with Crippen LogP contribution in [0.5, 0.6) is 0 Å². The topological polar surface area (TPSA) is 6.48 Å². The first-order valence-corrected chi connectivity index (χ1v) is 19.3. The Labute approximate surface area is 341 Å². The van der Waals surface area contributed by atoms with Crippen molar-refractivity contribution in [3.05, 3.63) is 253 Å². The highest BCUT2D eigenvalue weighted by molar-refractivity contribution is 5.98. The summed E-state index contributed by atoms with van der Waals surface area (Å²) in [5.41, 5.74) is 15.5. The van der Waals surface area contributed by atoms with Crippen molar-refractivity contribution in [2.45, 2.75) is 5.41 Å². The summed E-state index contributed by atoms with van der Waals surface area (Å²) in [6.45, 7) is 0. The number of anilines is 6. The van der Waals surface area contributed by atoms with Gasteiger partial charge in [0.05, 0.1) is 18.0 Å². The van der Waals surface area contributed by atoms with Gasteiger partial charge in [-0.2, -0.15) is 0 Å². The predicted octanol–water partition coefficient (Wildman–Crippen LogP) is 14.6. The van der Waals surface area contributed by atoms with Crippen LogP contribution in [0.2, 0.25) is 0 Å². The SMILES string of the molecule is [2H]c1c([2H])c([2H])c(N(c2ccccc2)c2ccc3c(c2)-c2ccccc2C32c3ccccc3-c3cc(N(c4ccccc4)c4ccccc4-c4ccccc4)ccc32)c([2H])c1[2H]. The molecule has 2 heteroatoms. The molecule has 0 radical (unpaired) electrons. The number of hydrogen-bond acceptors (Lipinski definition) is 2. The van der Waals surface area contributed by atoms with Crippen LogP contribution in [-0.4, -0.2) is 0 Å². The van der Waals surface area contributed by atoms with Gasteiger partial charge in [-0.05, 0) is 117 Å². The summed E-state index contributed by atoms with van der Waals surface area (Å²) in [6.07, 6.45) is 0. The molecule has 268 valence electrons. The van der Waals surface area contributed by atoms with Gasteiger partial charge in [-0.3, -0.25) is 0 Å². The van der Waals surface area contributed by atoms with Gasteiger partial charge in [0.25, 0.3) is 0 Å². The summed E-state index contributed by atoms with van der Waals surface area (Å²) in [5, 5.41) is 0. The standard InChI is InChI=1S/C55H38N2/c1-5-19-39(20-6-1)45-27-15-18-32-54(45)57(42-25-11-4-12-26-42)44-34-36-53-49(38-44)47-29-14-17-31-51(47)55(53)50-30-16-13-28-46(50)48-37-43(33-35-52(48)55)56(40-21-7-2-8-22-40)41-23-9-3-10-24-41/h1-38H/i2D,7D,8D,21D,22D. The van der Waals surface area contributed by atoms with Crippen molar-refractivity contribution >= 4 is 34.1 Å². The molecule has 0 bridgehead atoms. The third-order valence-corrected chi connectivity index (χ3v) is 11.5. The molecule has 2 aliphatic rings. The fourth-order valence-electron chi connectivity index (χ4n) is 9.28. The second-order valence-electron chi connectivity index (χ2n) is 14.5. The van der Waals surface area contributed by atoms with Crippen LogP contribution in [0, 0.1) is 0 Å². The predicted molar refractivity (Wildman–Crippen MR) is 238 cm³/mol. The fourth-order valence-corrected chi connectivity index (χ4v) is 9.28. The third kappa shape index (κ3) is 5.11. The van der Waals surface area contributed by atoms with Gasteiger partial charge in [0.2, 0.25) is 0 Å². The van der Waals surface area contributed by atoms with E-state index in [2.05, 4.69) is 169 Å². The van der Waals surface area contributed by atoms with Crippen molar-refractivity contribution in [2.75, 3.05) is 9.80 Å². The molecule has 0 saturated heterocycles. The van der Waals surface area contributed by atoms with Crippen molar-refractivity contribution < 1.29 is 6.85 Å². The first-order chi connectivity index (χ1) is 30.4. The zero-order valence-electron chi connectivity index (χ0n) is 35.9. The average molecular weight is 732 g/mol. The third-order valence-electron chi connectivity index (χ3n) is 11.5. The molecular weight excluding hydrogens is 689 g/mol. The Bertz CT molecular complexity index is 3180. The van der Waals surface area contributed by atoms with Crippen molar-refractivity contribution in [3.8, 4) is 33.4 Å². The molecule has 1 spiro atoms. The number of fused-ring (bicyclic) bond motifs is 10. The van der Waals surface area contributed by atoms with Crippen LogP contribution in [-0.2, 0) is 5.41 Å². The Hall–Kier alpha value is -7.42. The zero-order valence-corrected chi connectivity index (χ0v) is 30.9. The smallest absolute Gasteiger partial charge is 0.0725 e. The van der Waals surface area contributed by atoms with Gasteiger partial charge in [0.15, 0.2) is 0 Å². The lowest BCUT2D eigenvalue weighted by Gasteiger charge is -2.32. The van der Waals surface area contributed by atoms with Gasteiger partial charge in [-0.15, -0.1) is 0 Å². The van der Waals surface area contributed by atoms with E-state index in [1.54, 1.807) is 4.90 Å². The van der Waals surface area contributed by atoms with Crippen molar-refractivity contribution in [1.29, 1.82) is 0 Å². The van der Waals surface area contributed by atoms with Crippen LogP contribution in [0.25, 0.3) is 33.4 Å². The van der Waals surface area contributed by atoms with E-state index in [4.69, 9.17) is 6.85 Å². The highest BCUT2D eigenvalue weighted by Crippen LogP contribution is 2.64. The molecule has 0 aliphatic heterocycles. The van der Waals surface area contributed by atoms with Gasteiger partial charge in [0.1, 0.15) is 0 Å². The number of benzene rings is 9. The van der Waals surface area contributed by atoms with Gasteiger partial charge in [-0.1, -0.05) is 164 Å². The molecule has 2 nitrogen and oxygen atoms in total. The first kappa shape index (κ1) is 28.1. The molecule has 0 saturated carbocycles. The summed E-state index contributed by atoms with van der Waals surface area (Å²) in [7, 11) is 0. The maximum Gasteiger partial charge on any atom is 0.0725 e. The van der Waals surface area contributed by atoms with E-state index in [-0.39, 0.29) is 29.9 Å². The summed E-state index contributed by atoms with van der Waals surface area (Å²) < 4.78 is 43.5.